The number of rotatable bonds is 2. The van der Waals surface area contributed by atoms with Crippen molar-refractivity contribution in [1.29, 1.82) is 0 Å². The highest BCUT2D eigenvalue weighted by atomic mass is 32.1. The number of hydrogen-bond acceptors (Lipinski definition) is 3. The summed E-state index contributed by atoms with van der Waals surface area (Å²) in [6.07, 6.45) is 0. The molecule has 6 nitrogen and oxygen atoms in total. The van der Waals surface area contributed by atoms with Gasteiger partial charge in [-0.1, -0.05) is 36.4 Å². The maximum atomic E-state index is 11.8. The minimum Gasteiger partial charge on any atom is -0.273 e. The van der Waals surface area contributed by atoms with Gasteiger partial charge in [-0.2, -0.15) is 0 Å². The fraction of sp³-hybridized carbons (Fsp3) is 0. The van der Waals surface area contributed by atoms with Crippen LogP contribution in [0.15, 0.2) is 60.7 Å². The zero-order valence-electron chi connectivity index (χ0n) is 11.5. The molecule has 2 amide bonds. The highest BCUT2D eigenvalue weighted by molar-refractivity contribution is 7.80. The van der Waals surface area contributed by atoms with Crippen molar-refractivity contribution in [2.75, 3.05) is 0 Å². The minimum absolute atomic E-state index is 0.0635. The Kier molecular flexibility index (Phi) is 5.44. The van der Waals surface area contributed by atoms with Crippen molar-refractivity contribution in [3.05, 3.63) is 71.8 Å². The summed E-state index contributed by atoms with van der Waals surface area (Å²) in [6, 6.07) is 17.3. The lowest BCUT2D eigenvalue weighted by Crippen LogP contribution is -2.52. The molecule has 0 bridgehead atoms. The van der Waals surface area contributed by atoms with Crippen LogP contribution in [0.4, 0.5) is 0 Å². The Morgan fingerprint density at radius 3 is 1.36 bits per heavy atom. The van der Waals surface area contributed by atoms with Crippen molar-refractivity contribution in [2.24, 2.45) is 0 Å². The molecule has 0 spiro atoms. The Hall–Kier alpha value is -2.93. The van der Waals surface area contributed by atoms with Gasteiger partial charge in [0.2, 0.25) is 5.11 Å². The van der Waals surface area contributed by atoms with Crippen molar-refractivity contribution in [3.8, 4) is 0 Å². The molecule has 112 valence electrons. The summed E-state index contributed by atoms with van der Waals surface area (Å²) in [6.45, 7) is 0. The van der Waals surface area contributed by atoms with Crippen LogP contribution in [-0.2, 0) is 0 Å². The van der Waals surface area contributed by atoms with E-state index in [-0.39, 0.29) is 16.9 Å². The van der Waals surface area contributed by atoms with Crippen LogP contribution < -0.4 is 21.7 Å². The standard InChI is InChI=1S/C15H14N4O2S/c20-13(11-7-3-1-4-8-11)16-18-15(22)19-17-14(21)12-9-5-2-6-10-12/h1-10H,(H,16,20)(H,17,21)(H2,18,19,22). The normalized spacial score (nSPS) is 9.45. The number of hydrazine groups is 2. The van der Waals surface area contributed by atoms with Crippen LogP contribution in [-0.4, -0.2) is 16.9 Å². The quantitative estimate of drug-likeness (QED) is 0.494. The molecule has 4 N–H and O–H groups in total. The van der Waals surface area contributed by atoms with E-state index in [0.29, 0.717) is 11.1 Å². The Morgan fingerprint density at radius 1 is 0.636 bits per heavy atom. The third kappa shape index (κ3) is 4.57. The second-order valence-corrected chi connectivity index (χ2v) is 4.63. The molecular weight excluding hydrogens is 300 g/mol. The number of thiocarbonyl (C=S) groups is 1. The molecule has 0 aromatic heterocycles. The molecule has 0 fully saturated rings. The van der Waals surface area contributed by atoms with Crippen LogP contribution >= 0.6 is 12.2 Å². The van der Waals surface area contributed by atoms with Gasteiger partial charge in [-0.15, -0.1) is 0 Å². The average Bonchev–Trinajstić information content (AvgIpc) is 2.59. The number of nitrogens with one attached hydrogen (secondary N) is 4. The van der Waals surface area contributed by atoms with Crippen LogP contribution in [0.1, 0.15) is 20.7 Å². The molecule has 2 aromatic rings. The zero-order chi connectivity index (χ0) is 15.8. The van der Waals surface area contributed by atoms with Crippen molar-refractivity contribution in [2.45, 2.75) is 0 Å². The van der Waals surface area contributed by atoms with Crippen molar-refractivity contribution in [1.82, 2.24) is 21.7 Å². The molecular formula is C15H14N4O2S. The minimum atomic E-state index is -0.334. The predicted molar refractivity (Wildman–Crippen MR) is 86.7 cm³/mol. The molecule has 0 saturated carbocycles. The Balaban J connectivity index is 1.74. The molecule has 0 aliphatic carbocycles. The molecule has 0 aliphatic heterocycles. The second kappa shape index (κ2) is 7.75. The maximum Gasteiger partial charge on any atom is 0.269 e. The van der Waals surface area contributed by atoms with Crippen LogP contribution in [0.3, 0.4) is 0 Å². The van der Waals surface area contributed by atoms with Gasteiger partial charge in [0.15, 0.2) is 0 Å². The molecule has 2 aromatic carbocycles. The smallest absolute Gasteiger partial charge is 0.269 e. The van der Waals surface area contributed by atoms with Gasteiger partial charge in [-0.05, 0) is 36.5 Å². The molecule has 0 atom stereocenters. The molecule has 7 heteroatoms. The topological polar surface area (TPSA) is 82.3 Å². The molecule has 22 heavy (non-hydrogen) atoms. The van der Waals surface area contributed by atoms with E-state index in [4.69, 9.17) is 12.2 Å². The summed E-state index contributed by atoms with van der Waals surface area (Å²) < 4.78 is 0. The van der Waals surface area contributed by atoms with Gasteiger partial charge in [0.25, 0.3) is 11.8 Å². The molecule has 0 radical (unpaired) electrons. The fourth-order valence-electron chi connectivity index (χ4n) is 1.58. The van der Waals surface area contributed by atoms with Gasteiger partial charge in [-0.25, -0.2) is 0 Å². The highest BCUT2D eigenvalue weighted by Gasteiger charge is 2.06. The van der Waals surface area contributed by atoms with Gasteiger partial charge in [0.05, 0.1) is 0 Å². The third-order valence-corrected chi connectivity index (χ3v) is 2.86. The van der Waals surface area contributed by atoms with Crippen LogP contribution in [0.25, 0.3) is 0 Å². The van der Waals surface area contributed by atoms with Crippen LogP contribution in [0.5, 0.6) is 0 Å². The Labute approximate surface area is 132 Å². The van der Waals surface area contributed by atoms with Crippen molar-refractivity contribution < 1.29 is 9.59 Å². The maximum absolute atomic E-state index is 11.8. The first kappa shape index (κ1) is 15.5. The summed E-state index contributed by atoms with van der Waals surface area (Å²) in [5, 5.41) is 0.0635. The SMILES string of the molecule is O=C(NNC(=S)NNC(=O)c1ccccc1)c1ccccc1. The van der Waals surface area contributed by atoms with E-state index in [2.05, 4.69) is 21.7 Å². The summed E-state index contributed by atoms with van der Waals surface area (Å²) in [4.78, 5) is 23.5. The lowest BCUT2D eigenvalue weighted by molar-refractivity contribution is 0.0943. The molecule has 0 unspecified atom stereocenters. The van der Waals surface area contributed by atoms with Gasteiger partial charge in [-0.3, -0.25) is 31.3 Å². The van der Waals surface area contributed by atoms with Gasteiger partial charge >= 0.3 is 0 Å². The molecule has 2 rings (SSSR count). The molecule has 0 saturated heterocycles. The monoisotopic (exact) mass is 314 g/mol. The second-order valence-electron chi connectivity index (χ2n) is 4.22. The Morgan fingerprint density at radius 2 is 1.00 bits per heavy atom. The Bertz CT molecular complexity index is 604. The number of carbonyl (C=O) groups is 2. The highest BCUT2D eigenvalue weighted by Crippen LogP contribution is 1.97. The molecule has 0 heterocycles. The summed E-state index contributed by atoms with van der Waals surface area (Å²) in [5.74, 6) is -0.668. The van der Waals surface area contributed by atoms with Crippen molar-refractivity contribution >= 4 is 29.1 Å². The van der Waals surface area contributed by atoms with Gasteiger partial charge < -0.3 is 0 Å². The van der Waals surface area contributed by atoms with Crippen LogP contribution in [0, 0.1) is 0 Å². The van der Waals surface area contributed by atoms with E-state index in [0.717, 1.165) is 0 Å². The van der Waals surface area contributed by atoms with E-state index in [1.165, 1.54) is 0 Å². The van der Waals surface area contributed by atoms with Gasteiger partial charge in [0.1, 0.15) is 0 Å². The predicted octanol–water partition coefficient (Wildman–Crippen LogP) is 1.14. The summed E-state index contributed by atoms with van der Waals surface area (Å²) >= 11 is 4.94. The molecule has 0 aliphatic rings. The van der Waals surface area contributed by atoms with E-state index < -0.39 is 0 Å². The third-order valence-electron chi connectivity index (χ3n) is 2.65. The lowest BCUT2D eigenvalue weighted by Gasteiger charge is -2.12. The summed E-state index contributed by atoms with van der Waals surface area (Å²) in [5.41, 5.74) is 10.8. The number of amides is 2. The first-order chi connectivity index (χ1) is 10.7. The number of benzene rings is 2. The summed E-state index contributed by atoms with van der Waals surface area (Å²) in [7, 11) is 0. The number of hydrogen-bond donors (Lipinski definition) is 4. The average molecular weight is 314 g/mol. The van der Waals surface area contributed by atoms with E-state index in [1.807, 2.05) is 12.1 Å². The number of carbonyl (C=O) groups excluding carboxylic acids is 2. The van der Waals surface area contributed by atoms with E-state index >= 15 is 0 Å². The van der Waals surface area contributed by atoms with E-state index in [9.17, 15) is 9.59 Å². The van der Waals surface area contributed by atoms with Crippen LogP contribution in [0.2, 0.25) is 0 Å². The lowest BCUT2D eigenvalue weighted by atomic mass is 10.2. The van der Waals surface area contributed by atoms with E-state index in [1.54, 1.807) is 48.5 Å². The zero-order valence-corrected chi connectivity index (χ0v) is 12.3. The van der Waals surface area contributed by atoms with Gasteiger partial charge in [0, 0.05) is 11.1 Å². The van der Waals surface area contributed by atoms with Crippen molar-refractivity contribution in [3.63, 3.8) is 0 Å². The first-order valence-corrected chi connectivity index (χ1v) is 6.84. The fourth-order valence-corrected chi connectivity index (χ4v) is 1.68. The first-order valence-electron chi connectivity index (χ1n) is 6.43. The largest absolute Gasteiger partial charge is 0.273 e.